The van der Waals surface area contributed by atoms with Gasteiger partial charge in [-0.3, -0.25) is 4.79 Å². The molecule has 0 aliphatic carbocycles. The van der Waals surface area contributed by atoms with Gasteiger partial charge in [0, 0.05) is 14.9 Å². The number of hydrogen-bond donors (Lipinski definition) is 0. The molecule has 0 aromatic heterocycles. The first-order valence-electron chi connectivity index (χ1n) is 13.3. The van der Waals surface area contributed by atoms with Crippen molar-refractivity contribution in [2.45, 2.75) is 45.1 Å². The van der Waals surface area contributed by atoms with E-state index in [-0.39, 0.29) is 17.8 Å². The highest BCUT2D eigenvalue weighted by molar-refractivity contribution is 9.10. The van der Waals surface area contributed by atoms with E-state index in [0.29, 0.717) is 19.6 Å². The molecule has 3 aromatic rings. The van der Waals surface area contributed by atoms with Crippen molar-refractivity contribution in [1.29, 1.82) is 0 Å². The summed E-state index contributed by atoms with van der Waals surface area (Å²) in [5.41, 5.74) is 5.36. The third-order valence-corrected chi connectivity index (χ3v) is 7.99. The molecular formula is C34H40Br2O5. The van der Waals surface area contributed by atoms with Gasteiger partial charge in [-0.2, -0.15) is 0 Å². The van der Waals surface area contributed by atoms with Gasteiger partial charge in [0.2, 0.25) is 0 Å². The van der Waals surface area contributed by atoms with Crippen LogP contribution in [0.5, 0.6) is 11.5 Å². The van der Waals surface area contributed by atoms with Crippen LogP contribution in [0.25, 0.3) is 0 Å². The number of rotatable bonds is 13. The Hall–Kier alpha value is -2.87. The molecule has 3 rings (SSSR count). The summed E-state index contributed by atoms with van der Waals surface area (Å²) in [5.74, 6) is 1.27. The van der Waals surface area contributed by atoms with Crippen LogP contribution in [0.1, 0.15) is 52.5 Å². The first kappa shape index (κ1) is 34.3. The van der Waals surface area contributed by atoms with Crippen LogP contribution in [-0.4, -0.2) is 33.9 Å². The first-order chi connectivity index (χ1) is 19.7. The van der Waals surface area contributed by atoms with Crippen molar-refractivity contribution < 1.29 is 23.7 Å². The Morgan fingerprint density at radius 1 is 0.829 bits per heavy atom. The van der Waals surface area contributed by atoms with Crippen LogP contribution in [0.15, 0.2) is 88.9 Å². The van der Waals surface area contributed by atoms with Gasteiger partial charge >= 0.3 is 5.97 Å². The van der Waals surface area contributed by atoms with E-state index in [4.69, 9.17) is 18.9 Å². The first-order valence-corrected chi connectivity index (χ1v) is 14.9. The Morgan fingerprint density at radius 2 is 1.37 bits per heavy atom. The van der Waals surface area contributed by atoms with E-state index in [1.165, 1.54) is 18.2 Å². The van der Waals surface area contributed by atoms with Crippen LogP contribution in [-0.2, 0) is 20.9 Å². The number of carbonyl (C=O) groups is 1. The van der Waals surface area contributed by atoms with Crippen LogP contribution in [0.4, 0.5) is 0 Å². The molecule has 3 aromatic carbocycles. The number of halogens is 2. The normalized spacial score (nSPS) is 11.9. The van der Waals surface area contributed by atoms with E-state index in [0.717, 1.165) is 43.6 Å². The fraction of sp³-hybridized carbons (Fsp3) is 0.324. The predicted molar refractivity (Wildman–Crippen MR) is 174 cm³/mol. The number of aryl methyl sites for hydroxylation is 2. The zero-order valence-corrected chi connectivity index (χ0v) is 27.7. The van der Waals surface area contributed by atoms with E-state index >= 15 is 0 Å². The van der Waals surface area contributed by atoms with Crippen molar-refractivity contribution in [2.75, 3.05) is 27.9 Å². The molecule has 5 nitrogen and oxygen atoms in total. The minimum Gasteiger partial charge on any atom is -0.496 e. The molecule has 0 N–H and O–H groups in total. The van der Waals surface area contributed by atoms with Crippen molar-refractivity contribution in [1.82, 2.24) is 0 Å². The summed E-state index contributed by atoms with van der Waals surface area (Å²) >= 11 is 7.15. The number of allylic oxidation sites excluding steroid dienone is 2. The molecule has 0 aliphatic heterocycles. The molecule has 0 fully saturated rings. The van der Waals surface area contributed by atoms with E-state index in [1.54, 1.807) is 20.3 Å². The topological polar surface area (TPSA) is 54.0 Å². The Morgan fingerprint density at radius 3 is 1.88 bits per heavy atom. The largest absolute Gasteiger partial charge is 0.496 e. The summed E-state index contributed by atoms with van der Waals surface area (Å²) in [4.78, 5) is 11.8. The van der Waals surface area contributed by atoms with Crippen LogP contribution in [0.3, 0.4) is 0 Å². The van der Waals surface area contributed by atoms with Gasteiger partial charge < -0.3 is 18.9 Å². The van der Waals surface area contributed by atoms with Gasteiger partial charge in [0.15, 0.2) is 0 Å². The summed E-state index contributed by atoms with van der Waals surface area (Å²) < 4.78 is 23.5. The average Bonchev–Trinajstić information content (AvgIpc) is 2.96. The van der Waals surface area contributed by atoms with Gasteiger partial charge in [-0.1, -0.05) is 74.3 Å². The summed E-state index contributed by atoms with van der Waals surface area (Å²) in [5, 5.41) is 0. The molecule has 0 radical (unpaired) electrons. The van der Waals surface area contributed by atoms with Crippen molar-refractivity contribution in [3.8, 4) is 11.5 Å². The number of hydrogen-bond acceptors (Lipinski definition) is 5. The van der Waals surface area contributed by atoms with Gasteiger partial charge in [-0.05, 0) is 78.8 Å². The Kier molecular flexibility index (Phi) is 14.9. The summed E-state index contributed by atoms with van der Waals surface area (Å²) in [7, 11) is 4.70. The minimum atomic E-state index is -0.364. The van der Waals surface area contributed by atoms with Crippen molar-refractivity contribution in [3.05, 3.63) is 117 Å². The fourth-order valence-corrected chi connectivity index (χ4v) is 5.91. The molecule has 0 spiro atoms. The van der Waals surface area contributed by atoms with Gasteiger partial charge in [-0.15, -0.1) is 13.2 Å². The second kappa shape index (κ2) is 17.8. The fourth-order valence-electron chi connectivity index (χ4n) is 4.40. The van der Waals surface area contributed by atoms with Crippen molar-refractivity contribution in [3.63, 3.8) is 0 Å². The zero-order chi connectivity index (χ0) is 30.4. The predicted octanol–water partition coefficient (Wildman–Crippen LogP) is 9.24. The van der Waals surface area contributed by atoms with Crippen LogP contribution in [0, 0.1) is 13.8 Å². The maximum Gasteiger partial charge on any atom is 0.313 e. The average molecular weight is 688 g/mol. The van der Waals surface area contributed by atoms with Gasteiger partial charge in [0.05, 0.1) is 40.5 Å². The van der Waals surface area contributed by atoms with Crippen molar-refractivity contribution in [2.24, 2.45) is 0 Å². The molecular weight excluding hydrogens is 648 g/mol. The summed E-state index contributed by atoms with van der Waals surface area (Å²) in [6.45, 7) is 12.8. The lowest BCUT2D eigenvalue weighted by Gasteiger charge is -2.19. The highest BCUT2D eigenvalue weighted by Gasteiger charge is 2.23. The minimum absolute atomic E-state index is 0.250. The van der Waals surface area contributed by atoms with Gasteiger partial charge in [0.25, 0.3) is 0 Å². The van der Waals surface area contributed by atoms with Gasteiger partial charge in [0.1, 0.15) is 11.5 Å². The number of carbonyl (C=O) groups excluding carboxylic acids is 1. The molecule has 41 heavy (non-hydrogen) atoms. The van der Waals surface area contributed by atoms with Gasteiger partial charge in [-0.25, -0.2) is 0 Å². The molecule has 7 heteroatoms. The number of ether oxygens (including phenoxy) is 4. The highest BCUT2D eigenvalue weighted by Crippen LogP contribution is 2.35. The van der Waals surface area contributed by atoms with Crippen molar-refractivity contribution >= 4 is 37.8 Å². The highest BCUT2D eigenvalue weighted by atomic mass is 79.9. The second-order valence-corrected chi connectivity index (χ2v) is 11.2. The summed E-state index contributed by atoms with van der Waals surface area (Å²) in [6, 6.07) is 18.2. The van der Waals surface area contributed by atoms with Crippen LogP contribution >= 0.6 is 31.9 Å². The second-order valence-electron chi connectivity index (χ2n) is 9.51. The molecule has 0 saturated heterocycles. The molecule has 0 amide bonds. The standard InChI is InChI=1S/C20H23BrO2.C14H17BrO3/c1-4-8-17(14-23-13-16-9-6-5-7-10-16)18-12-20(22-3)15(2)11-19(18)21;1-5-6-10(14(16)18-4)11-8-13(17-3)9(2)7-12(11)15/h4-7,9-12,17H,1,8,13-14H2,2-3H3;5,7-8,10H,1,6H2,2-4H3. The smallest absolute Gasteiger partial charge is 0.313 e. The van der Waals surface area contributed by atoms with E-state index in [2.05, 4.69) is 69.3 Å². The number of methoxy groups -OCH3 is 3. The quantitative estimate of drug-likeness (QED) is 0.132. The lowest BCUT2D eigenvalue weighted by Crippen LogP contribution is -2.14. The third-order valence-electron chi connectivity index (χ3n) is 6.61. The molecule has 0 heterocycles. The molecule has 220 valence electrons. The molecule has 2 atom stereocenters. The summed E-state index contributed by atoms with van der Waals surface area (Å²) in [6.07, 6.45) is 5.03. The Balaban J connectivity index is 0.000000296. The maximum absolute atomic E-state index is 11.8. The lowest BCUT2D eigenvalue weighted by molar-refractivity contribution is -0.142. The third kappa shape index (κ3) is 10.2. The Bertz CT molecular complexity index is 1290. The van der Waals surface area contributed by atoms with E-state index in [1.807, 2.05) is 50.3 Å². The number of benzene rings is 3. The van der Waals surface area contributed by atoms with E-state index < -0.39 is 0 Å². The maximum atomic E-state index is 11.8. The lowest BCUT2D eigenvalue weighted by atomic mass is 9.94. The molecule has 2 unspecified atom stereocenters. The van der Waals surface area contributed by atoms with Crippen LogP contribution < -0.4 is 9.47 Å². The zero-order valence-electron chi connectivity index (χ0n) is 24.5. The van der Waals surface area contributed by atoms with Crippen LogP contribution in [0.2, 0.25) is 0 Å². The molecule has 0 saturated carbocycles. The number of esters is 1. The molecule has 0 aliphatic rings. The van der Waals surface area contributed by atoms with E-state index in [9.17, 15) is 4.79 Å². The Labute approximate surface area is 261 Å². The SMILES string of the molecule is C=CCC(C(=O)OC)c1cc(OC)c(C)cc1Br.C=CCC(COCc1ccccc1)c1cc(OC)c(C)cc1Br. The monoisotopic (exact) mass is 686 g/mol. The molecule has 0 bridgehead atoms.